The van der Waals surface area contributed by atoms with Crippen molar-refractivity contribution in [1.82, 2.24) is 39.5 Å². The van der Waals surface area contributed by atoms with Crippen LogP contribution in [0, 0.1) is 13.8 Å². The van der Waals surface area contributed by atoms with Gasteiger partial charge < -0.3 is 10.9 Å². The third kappa shape index (κ3) is 6.59. The molecule has 0 aliphatic heterocycles. The maximum atomic E-state index is 8.96. The number of oxime groups is 1. The second kappa shape index (κ2) is 13.5. The first-order valence-corrected chi connectivity index (χ1v) is 17.2. The van der Waals surface area contributed by atoms with E-state index in [-0.39, 0.29) is 6.04 Å². The van der Waals surface area contributed by atoms with Crippen LogP contribution in [0.3, 0.4) is 0 Å². The average molecular weight is 685 g/mol. The minimum absolute atomic E-state index is 0.0859. The Morgan fingerprint density at radius 3 is 1.76 bits per heavy atom. The van der Waals surface area contributed by atoms with Crippen molar-refractivity contribution in [2.45, 2.75) is 33.7 Å². The summed E-state index contributed by atoms with van der Waals surface area (Å²) in [5.74, 6) is 1.67. The SMILES string of the molecule is C/C(=N/O)c1cccc(-c2ccc3cnn(-c4csc(C)n4)c3c2)n1.Cc1nc(-n2ncc3ccc(-c4cccc(C(C)N)n4)cc32)cs1. The molecule has 49 heavy (non-hydrogen) atoms. The number of rotatable bonds is 6. The van der Waals surface area contributed by atoms with E-state index < -0.39 is 0 Å². The molecule has 0 aliphatic rings. The summed E-state index contributed by atoms with van der Waals surface area (Å²) in [5.41, 5.74) is 13.7. The second-order valence-corrected chi connectivity index (χ2v) is 13.6. The Morgan fingerprint density at radius 2 is 1.27 bits per heavy atom. The second-order valence-electron chi connectivity index (χ2n) is 11.4. The molecule has 0 saturated heterocycles. The van der Waals surface area contributed by atoms with E-state index in [0.717, 1.165) is 71.7 Å². The molecule has 13 heteroatoms. The Balaban J connectivity index is 0.000000154. The number of aryl methyl sites for hydroxylation is 2. The number of thiazole rings is 2. The zero-order chi connectivity index (χ0) is 34.1. The normalized spacial score (nSPS) is 12.3. The van der Waals surface area contributed by atoms with Crippen LogP contribution < -0.4 is 5.73 Å². The fourth-order valence-electron chi connectivity index (χ4n) is 5.33. The lowest BCUT2D eigenvalue weighted by Crippen LogP contribution is -2.07. The Hall–Kier alpha value is -5.63. The number of nitrogens with zero attached hydrogens (tertiary/aromatic N) is 9. The fourth-order valence-corrected chi connectivity index (χ4v) is 6.48. The Morgan fingerprint density at radius 1 is 0.735 bits per heavy atom. The van der Waals surface area contributed by atoms with Crippen molar-refractivity contribution < 1.29 is 5.21 Å². The largest absolute Gasteiger partial charge is 0.411 e. The highest BCUT2D eigenvalue weighted by atomic mass is 32.1. The molecule has 8 rings (SSSR count). The van der Waals surface area contributed by atoms with E-state index in [0.29, 0.717) is 11.4 Å². The van der Waals surface area contributed by atoms with Gasteiger partial charge in [0.15, 0.2) is 11.6 Å². The van der Waals surface area contributed by atoms with Crippen LogP contribution >= 0.6 is 22.7 Å². The number of pyridine rings is 2. The minimum Gasteiger partial charge on any atom is -0.411 e. The summed E-state index contributed by atoms with van der Waals surface area (Å²) >= 11 is 3.22. The maximum absolute atomic E-state index is 8.96. The monoisotopic (exact) mass is 684 g/mol. The molecule has 2 aromatic carbocycles. The summed E-state index contributed by atoms with van der Waals surface area (Å²) in [5, 5.41) is 29.3. The number of hydrogen-bond donors (Lipinski definition) is 2. The van der Waals surface area contributed by atoms with Gasteiger partial charge >= 0.3 is 0 Å². The van der Waals surface area contributed by atoms with Gasteiger partial charge in [0.05, 0.1) is 56.2 Å². The van der Waals surface area contributed by atoms with E-state index >= 15 is 0 Å². The quantitative estimate of drug-likeness (QED) is 0.102. The Kier molecular flexibility index (Phi) is 8.78. The van der Waals surface area contributed by atoms with Crippen molar-refractivity contribution in [3.05, 3.63) is 117 Å². The standard InChI is InChI=1S/C18H15N5OS.C18H17N5S/c1-11(22-24)15-4-3-5-16(21-15)13-6-7-14-9-19-23(17(14)8-13)18-10-25-12(2)20-18;1-11(19)15-4-3-5-16(22-15)13-6-7-14-9-20-23(17(14)8-13)18-10-24-12(2)21-18/h3-10,24H,1-2H3;3-11H,19H2,1-2H3/b22-11-;. The number of fused-ring (bicyclic) bond motifs is 2. The molecule has 0 aliphatic carbocycles. The molecule has 0 saturated carbocycles. The van der Waals surface area contributed by atoms with Crippen molar-refractivity contribution in [2.75, 3.05) is 0 Å². The van der Waals surface area contributed by atoms with Crippen LogP contribution in [-0.2, 0) is 0 Å². The number of benzene rings is 2. The summed E-state index contributed by atoms with van der Waals surface area (Å²) in [6.45, 7) is 7.63. The van der Waals surface area contributed by atoms with Crippen molar-refractivity contribution in [3.63, 3.8) is 0 Å². The molecule has 0 spiro atoms. The molecule has 244 valence electrons. The highest BCUT2D eigenvalue weighted by Gasteiger charge is 2.12. The van der Waals surface area contributed by atoms with Crippen molar-refractivity contribution >= 4 is 50.2 Å². The number of nitrogens with two attached hydrogens (primary N) is 1. The summed E-state index contributed by atoms with van der Waals surface area (Å²) < 4.78 is 3.71. The first kappa shape index (κ1) is 31.9. The highest BCUT2D eigenvalue weighted by Crippen LogP contribution is 2.28. The molecule has 6 heterocycles. The zero-order valence-electron chi connectivity index (χ0n) is 27.2. The summed E-state index contributed by atoms with van der Waals surface area (Å²) in [4.78, 5) is 18.3. The molecule has 8 aromatic rings. The van der Waals surface area contributed by atoms with Gasteiger partial charge in [-0.25, -0.2) is 24.3 Å². The lowest BCUT2D eigenvalue weighted by Gasteiger charge is -2.08. The van der Waals surface area contributed by atoms with Crippen LogP contribution in [-0.4, -0.2) is 50.4 Å². The molecule has 0 amide bonds. The average Bonchev–Trinajstić information content (AvgIpc) is 3.94. The molecule has 3 N–H and O–H groups in total. The van der Waals surface area contributed by atoms with Gasteiger partial charge in [-0.2, -0.15) is 10.2 Å². The minimum atomic E-state index is -0.0859. The van der Waals surface area contributed by atoms with E-state index in [2.05, 4.69) is 59.6 Å². The third-order valence-electron chi connectivity index (χ3n) is 7.89. The summed E-state index contributed by atoms with van der Waals surface area (Å²) in [6.07, 6.45) is 3.69. The molecule has 0 bridgehead atoms. The van der Waals surface area contributed by atoms with Crippen LogP contribution in [0.2, 0.25) is 0 Å². The van der Waals surface area contributed by atoms with Gasteiger partial charge in [-0.1, -0.05) is 41.6 Å². The van der Waals surface area contributed by atoms with E-state index in [9.17, 15) is 0 Å². The van der Waals surface area contributed by atoms with Crippen molar-refractivity contribution in [3.8, 4) is 34.2 Å². The van der Waals surface area contributed by atoms with E-state index in [1.54, 1.807) is 29.6 Å². The lowest BCUT2D eigenvalue weighted by atomic mass is 10.1. The molecule has 1 unspecified atom stereocenters. The first-order chi connectivity index (χ1) is 23.8. The molecule has 0 fully saturated rings. The van der Waals surface area contributed by atoms with Gasteiger partial charge in [-0.15, -0.1) is 22.7 Å². The van der Waals surface area contributed by atoms with Gasteiger partial charge in [-0.05, 0) is 64.1 Å². The Bertz CT molecular complexity index is 2450. The van der Waals surface area contributed by atoms with Gasteiger partial charge in [-0.3, -0.25) is 4.98 Å². The molecular formula is C36H32N10OS2. The molecule has 6 aromatic heterocycles. The fraction of sp³-hybridized carbons (Fsp3) is 0.139. The van der Waals surface area contributed by atoms with Crippen molar-refractivity contribution in [1.29, 1.82) is 0 Å². The highest BCUT2D eigenvalue weighted by molar-refractivity contribution is 7.10. The smallest absolute Gasteiger partial charge is 0.165 e. The predicted octanol–water partition coefficient (Wildman–Crippen LogP) is 7.92. The zero-order valence-corrected chi connectivity index (χ0v) is 28.8. The number of hydrogen-bond acceptors (Lipinski definition) is 11. The van der Waals surface area contributed by atoms with E-state index in [1.165, 1.54) is 0 Å². The van der Waals surface area contributed by atoms with Gasteiger partial charge in [0.25, 0.3) is 0 Å². The van der Waals surface area contributed by atoms with E-state index in [1.807, 2.05) is 102 Å². The van der Waals surface area contributed by atoms with Gasteiger partial charge in [0.1, 0.15) is 5.71 Å². The molecule has 0 radical (unpaired) electrons. The molecular weight excluding hydrogens is 653 g/mol. The van der Waals surface area contributed by atoms with Crippen LogP contribution in [0.1, 0.15) is 41.3 Å². The summed E-state index contributed by atoms with van der Waals surface area (Å²) in [6, 6.07) is 23.8. The molecule has 11 nitrogen and oxygen atoms in total. The van der Waals surface area contributed by atoms with Crippen LogP contribution in [0.25, 0.3) is 56.0 Å². The van der Waals surface area contributed by atoms with E-state index in [4.69, 9.17) is 10.9 Å². The molecule has 1 atom stereocenters. The predicted molar refractivity (Wildman–Crippen MR) is 196 cm³/mol. The van der Waals surface area contributed by atoms with Gasteiger partial charge in [0, 0.05) is 38.7 Å². The first-order valence-electron chi connectivity index (χ1n) is 15.5. The maximum Gasteiger partial charge on any atom is 0.165 e. The van der Waals surface area contributed by atoms with Crippen LogP contribution in [0.5, 0.6) is 0 Å². The third-order valence-corrected chi connectivity index (χ3v) is 9.41. The lowest BCUT2D eigenvalue weighted by molar-refractivity contribution is 0.319. The topological polar surface area (TPSA) is 146 Å². The van der Waals surface area contributed by atoms with Crippen LogP contribution in [0.15, 0.2) is 101 Å². The van der Waals surface area contributed by atoms with Crippen molar-refractivity contribution in [2.24, 2.45) is 10.9 Å². The van der Waals surface area contributed by atoms with Crippen LogP contribution in [0.4, 0.5) is 0 Å². The summed E-state index contributed by atoms with van der Waals surface area (Å²) in [7, 11) is 0. The Labute approximate surface area is 290 Å². The number of aromatic nitrogens is 8. The van der Waals surface area contributed by atoms with Gasteiger partial charge in [0.2, 0.25) is 0 Å².